The SMILES string of the molecule is CCC(C)NCC(F)(F)C(=O)O. The van der Waals surface area contributed by atoms with Gasteiger partial charge in [0.25, 0.3) is 0 Å². The van der Waals surface area contributed by atoms with Gasteiger partial charge in [0.05, 0.1) is 6.54 Å². The lowest BCUT2D eigenvalue weighted by Crippen LogP contribution is -2.42. The fourth-order valence-electron chi connectivity index (χ4n) is 0.522. The molecule has 3 nitrogen and oxygen atoms in total. The Kier molecular flexibility index (Phi) is 4.09. The van der Waals surface area contributed by atoms with E-state index in [1.54, 1.807) is 6.92 Å². The molecule has 0 aromatic heterocycles. The van der Waals surface area contributed by atoms with Crippen molar-refractivity contribution in [3.8, 4) is 0 Å². The fourth-order valence-corrected chi connectivity index (χ4v) is 0.522. The Hall–Kier alpha value is -0.710. The van der Waals surface area contributed by atoms with Crippen LogP contribution < -0.4 is 5.32 Å². The molecule has 0 aromatic rings. The van der Waals surface area contributed by atoms with Crippen molar-refractivity contribution < 1.29 is 18.7 Å². The van der Waals surface area contributed by atoms with Gasteiger partial charge in [-0.2, -0.15) is 8.78 Å². The van der Waals surface area contributed by atoms with Crippen LogP contribution in [0, 0.1) is 0 Å². The summed E-state index contributed by atoms with van der Waals surface area (Å²) in [5.74, 6) is -5.75. The van der Waals surface area contributed by atoms with Crippen molar-refractivity contribution in [3.05, 3.63) is 0 Å². The Labute approximate surface area is 69.8 Å². The van der Waals surface area contributed by atoms with Gasteiger partial charge < -0.3 is 10.4 Å². The number of carboxylic acids is 1. The molecule has 72 valence electrons. The number of nitrogens with one attached hydrogen (secondary N) is 1. The van der Waals surface area contributed by atoms with Crippen LogP contribution in [0.15, 0.2) is 0 Å². The van der Waals surface area contributed by atoms with Gasteiger partial charge in [-0.05, 0) is 13.3 Å². The van der Waals surface area contributed by atoms with E-state index in [0.717, 1.165) is 0 Å². The van der Waals surface area contributed by atoms with Crippen molar-refractivity contribution in [3.63, 3.8) is 0 Å². The highest BCUT2D eigenvalue weighted by atomic mass is 19.3. The first-order chi connectivity index (χ1) is 5.40. The number of carbonyl (C=O) groups is 1. The minimum Gasteiger partial charge on any atom is -0.477 e. The summed E-state index contributed by atoms with van der Waals surface area (Å²) in [5, 5.41) is 10.5. The first-order valence-corrected chi connectivity index (χ1v) is 3.74. The molecule has 0 fully saturated rings. The Bertz CT molecular complexity index is 161. The molecule has 0 aliphatic rings. The summed E-state index contributed by atoms with van der Waals surface area (Å²) in [6.45, 7) is 2.74. The zero-order chi connectivity index (χ0) is 9.78. The summed E-state index contributed by atoms with van der Waals surface area (Å²) in [4.78, 5) is 9.93. The van der Waals surface area contributed by atoms with Gasteiger partial charge in [0.2, 0.25) is 0 Å². The lowest BCUT2D eigenvalue weighted by Gasteiger charge is -2.15. The van der Waals surface area contributed by atoms with Gasteiger partial charge in [0.1, 0.15) is 0 Å². The molecule has 0 heterocycles. The molecule has 0 aliphatic heterocycles. The number of hydrogen-bond acceptors (Lipinski definition) is 2. The van der Waals surface area contributed by atoms with Crippen molar-refractivity contribution in [2.75, 3.05) is 6.54 Å². The highest BCUT2D eigenvalue weighted by molar-refractivity contribution is 5.75. The molecule has 0 saturated carbocycles. The summed E-state index contributed by atoms with van der Waals surface area (Å²) < 4.78 is 24.8. The largest absolute Gasteiger partial charge is 0.477 e. The van der Waals surface area contributed by atoms with Crippen LogP contribution >= 0.6 is 0 Å². The Balaban J connectivity index is 3.83. The number of rotatable bonds is 5. The van der Waals surface area contributed by atoms with Crippen molar-refractivity contribution in [2.45, 2.75) is 32.2 Å². The van der Waals surface area contributed by atoms with E-state index in [9.17, 15) is 13.6 Å². The van der Waals surface area contributed by atoms with Gasteiger partial charge >= 0.3 is 11.9 Å². The molecule has 0 aromatic carbocycles. The van der Waals surface area contributed by atoms with E-state index in [1.807, 2.05) is 6.92 Å². The van der Waals surface area contributed by atoms with Crippen molar-refractivity contribution in [2.24, 2.45) is 0 Å². The van der Waals surface area contributed by atoms with Gasteiger partial charge in [-0.25, -0.2) is 4.79 Å². The van der Waals surface area contributed by atoms with Crippen LogP contribution in [0.5, 0.6) is 0 Å². The average molecular weight is 181 g/mol. The molecule has 0 saturated heterocycles. The normalized spacial score (nSPS) is 14.3. The van der Waals surface area contributed by atoms with Crippen LogP contribution in [0.4, 0.5) is 8.78 Å². The predicted octanol–water partition coefficient (Wildman–Crippen LogP) is 1.09. The second-order valence-corrected chi connectivity index (χ2v) is 2.70. The second kappa shape index (κ2) is 4.35. The van der Waals surface area contributed by atoms with Crippen LogP contribution in [0.1, 0.15) is 20.3 Å². The molecular formula is C7H13F2NO2. The summed E-state index contributed by atoms with van der Waals surface area (Å²) in [5.41, 5.74) is 0. The molecular weight excluding hydrogens is 168 g/mol. The van der Waals surface area contributed by atoms with Gasteiger partial charge in [-0.15, -0.1) is 0 Å². The monoisotopic (exact) mass is 181 g/mol. The van der Waals surface area contributed by atoms with E-state index < -0.39 is 18.4 Å². The maximum absolute atomic E-state index is 12.4. The topological polar surface area (TPSA) is 49.3 Å². The van der Waals surface area contributed by atoms with Crippen LogP contribution in [-0.4, -0.2) is 29.6 Å². The highest BCUT2D eigenvalue weighted by Gasteiger charge is 2.38. The zero-order valence-corrected chi connectivity index (χ0v) is 7.10. The lowest BCUT2D eigenvalue weighted by atomic mass is 10.2. The van der Waals surface area contributed by atoms with E-state index in [0.29, 0.717) is 6.42 Å². The highest BCUT2D eigenvalue weighted by Crippen LogP contribution is 2.11. The van der Waals surface area contributed by atoms with E-state index in [4.69, 9.17) is 5.11 Å². The van der Waals surface area contributed by atoms with Crippen LogP contribution in [0.3, 0.4) is 0 Å². The minimum absolute atomic E-state index is 0.0878. The Morgan fingerprint density at radius 3 is 2.50 bits per heavy atom. The summed E-state index contributed by atoms with van der Waals surface area (Å²) >= 11 is 0. The lowest BCUT2D eigenvalue weighted by molar-refractivity contribution is -0.164. The third kappa shape index (κ3) is 3.61. The molecule has 12 heavy (non-hydrogen) atoms. The molecule has 0 rings (SSSR count). The van der Waals surface area contributed by atoms with E-state index in [-0.39, 0.29) is 6.04 Å². The van der Waals surface area contributed by atoms with E-state index >= 15 is 0 Å². The van der Waals surface area contributed by atoms with Crippen molar-refractivity contribution in [1.29, 1.82) is 0 Å². The number of aliphatic carboxylic acids is 1. The van der Waals surface area contributed by atoms with Gasteiger partial charge in [-0.3, -0.25) is 0 Å². The molecule has 0 spiro atoms. The molecule has 2 N–H and O–H groups in total. The number of hydrogen-bond donors (Lipinski definition) is 2. The molecule has 1 atom stereocenters. The molecule has 0 radical (unpaired) electrons. The summed E-state index contributed by atoms with van der Waals surface area (Å²) in [7, 11) is 0. The summed E-state index contributed by atoms with van der Waals surface area (Å²) in [6, 6.07) is -0.0878. The maximum Gasteiger partial charge on any atom is 0.375 e. The van der Waals surface area contributed by atoms with Crippen LogP contribution in [-0.2, 0) is 4.79 Å². The maximum atomic E-state index is 12.4. The van der Waals surface area contributed by atoms with Gasteiger partial charge in [-0.1, -0.05) is 6.92 Å². The van der Waals surface area contributed by atoms with Crippen LogP contribution in [0.25, 0.3) is 0 Å². The predicted molar refractivity (Wildman–Crippen MR) is 40.3 cm³/mol. The number of carboxylic acid groups (broad SMARTS) is 1. The van der Waals surface area contributed by atoms with Crippen molar-refractivity contribution in [1.82, 2.24) is 5.32 Å². The Morgan fingerprint density at radius 2 is 2.17 bits per heavy atom. The van der Waals surface area contributed by atoms with E-state index in [1.165, 1.54) is 0 Å². The Morgan fingerprint density at radius 1 is 1.67 bits per heavy atom. The fraction of sp³-hybridized carbons (Fsp3) is 0.857. The van der Waals surface area contributed by atoms with Crippen molar-refractivity contribution >= 4 is 5.97 Å². The smallest absolute Gasteiger partial charge is 0.375 e. The third-order valence-corrected chi connectivity index (χ3v) is 1.60. The molecule has 0 amide bonds. The zero-order valence-electron chi connectivity index (χ0n) is 7.10. The number of halogens is 2. The number of alkyl halides is 2. The molecule has 5 heteroatoms. The minimum atomic E-state index is -3.66. The first kappa shape index (κ1) is 11.3. The average Bonchev–Trinajstić information content (AvgIpc) is 2.00. The quantitative estimate of drug-likeness (QED) is 0.667. The van der Waals surface area contributed by atoms with Crippen LogP contribution in [0.2, 0.25) is 0 Å². The molecule has 0 aliphatic carbocycles. The van der Waals surface area contributed by atoms with Gasteiger partial charge in [0.15, 0.2) is 0 Å². The molecule has 1 unspecified atom stereocenters. The van der Waals surface area contributed by atoms with Gasteiger partial charge in [0, 0.05) is 6.04 Å². The first-order valence-electron chi connectivity index (χ1n) is 3.74. The second-order valence-electron chi connectivity index (χ2n) is 2.70. The standard InChI is InChI=1S/C7H13F2NO2/c1-3-5(2)10-4-7(8,9)6(11)12/h5,10H,3-4H2,1-2H3,(H,11,12). The summed E-state index contributed by atoms with van der Waals surface area (Å²) in [6.07, 6.45) is 0.690. The van der Waals surface area contributed by atoms with E-state index in [2.05, 4.69) is 5.32 Å². The molecule has 0 bridgehead atoms. The third-order valence-electron chi connectivity index (χ3n) is 1.60.